The largest absolute Gasteiger partial charge is 0.444 e. The van der Waals surface area contributed by atoms with Gasteiger partial charge >= 0.3 is 5.97 Å². The van der Waals surface area contributed by atoms with Gasteiger partial charge in [0.05, 0.1) is 10.5 Å². The summed E-state index contributed by atoms with van der Waals surface area (Å²) >= 11 is 0. The molecule has 3 aromatic carbocycles. The first kappa shape index (κ1) is 21.7. The summed E-state index contributed by atoms with van der Waals surface area (Å²) in [5.74, 6) is -1.35. The SMILES string of the molecule is Cc1ccc(NC(=O)[C@H](OC(=O)c2ccc(C)c(C)c2)c2ccccc2)c([N+](=O)[O-])c1. The lowest BCUT2D eigenvalue weighted by Gasteiger charge is -2.18. The van der Waals surface area contributed by atoms with Gasteiger partial charge in [0, 0.05) is 11.6 Å². The van der Waals surface area contributed by atoms with Crippen LogP contribution in [-0.4, -0.2) is 16.8 Å². The minimum absolute atomic E-state index is 0.0313. The number of hydrogen-bond acceptors (Lipinski definition) is 5. The summed E-state index contributed by atoms with van der Waals surface area (Å²) in [6.45, 7) is 5.53. The van der Waals surface area contributed by atoms with Crippen molar-refractivity contribution >= 4 is 23.3 Å². The molecule has 158 valence electrons. The van der Waals surface area contributed by atoms with Crippen molar-refractivity contribution in [3.05, 3.63) is 105 Å². The highest BCUT2D eigenvalue weighted by molar-refractivity contribution is 5.99. The van der Waals surface area contributed by atoms with Gasteiger partial charge in [0.1, 0.15) is 5.69 Å². The van der Waals surface area contributed by atoms with Gasteiger partial charge in [-0.3, -0.25) is 14.9 Å². The van der Waals surface area contributed by atoms with Crippen LogP contribution >= 0.6 is 0 Å². The average molecular weight is 418 g/mol. The highest BCUT2D eigenvalue weighted by atomic mass is 16.6. The molecule has 0 saturated carbocycles. The molecular formula is C24H22N2O5. The number of nitro groups is 1. The number of rotatable bonds is 6. The Hall–Kier alpha value is -4.00. The molecule has 0 aliphatic rings. The van der Waals surface area contributed by atoms with Crippen molar-refractivity contribution in [1.29, 1.82) is 0 Å². The van der Waals surface area contributed by atoms with E-state index in [0.717, 1.165) is 11.1 Å². The van der Waals surface area contributed by atoms with Crippen molar-refractivity contribution in [1.82, 2.24) is 0 Å². The van der Waals surface area contributed by atoms with Gasteiger partial charge < -0.3 is 10.1 Å². The van der Waals surface area contributed by atoms with Gasteiger partial charge in [-0.25, -0.2) is 4.79 Å². The van der Waals surface area contributed by atoms with E-state index in [0.29, 0.717) is 16.7 Å². The third kappa shape index (κ3) is 5.14. The van der Waals surface area contributed by atoms with Crippen LogP contribution < -0.4 is 5.32 Å². The second-order valence-corrected chi connectivity index (χ2v) is 7.26. The van der Waals surface area contributed by atoms with Gasteiger partial charge in [0.25, 0.3) is 11.6 Å². The molecule has 0 aliphatic heterocycles. The van der Waals surface area contributed by atoms with E-state index in [1.165, 1.54) is 12.1 Å². The number of nitro benzene ring substituents is 1. The number of carbonyl (C=O) groups excluding carboxylic acids is 2. The fraction of sp³-hybridized carbons (Fsp3) is 0.167. The van der Waals surface area contributed by atoms with Crippen molar-refractivity contribution in [2.45, 2.75) is 26.9 Å². The molecule has 31 heavy (non-hydrogen) atoms. The average Bonchev–Trinajstić information content (AvgIpc) is 2.75. The molecule has 1 amide bonds. The normalized spacial score (nSPS) is 11.5. The highest BCUT2D eigenvalue weighted by Crippen LogP contribution is 2.28. The minimum Gasteiger partial charge on any atom is -0.444 e. The molecule has 3 aromatic rings. The second-order valence-electron chi connectivity index (χ2n) is 7.26. The van der Waals surface area contributed by atoms with E-state index in [4.69, 9.17) is 4.74 Å². The van der Waals surface area contributed by atoms with E-state index >= 15 is 0 Å². The van der Waals surface area contributed by atoms with Crippen LogP contribution in [0.5, 0.6) is 0 Å². The number of amides is 1. The molecule has 0 aliphatic carbocycles. The van der Waals surface area contributed by atoms with Crippen LogP contribution in [0, 0.1) is 30.9 Å². The Morgan fingerprint density at radius 3 is 2.29 bits per heavy atom. The van der Waals surface area contributed by atoms with Crippen LogP contribution in [-0.2, 0) is 9.53 Å². The first-order valence-electron chi connectivity index (χ1n) is 9.65. The third-order valence-electron chi connectivity index (χ3n) is 4.92. The number of anilines is 1. The predicted molar refractivity (Wildman–Crippen MR) is 117 cm³/mol. The lowest BCUT2D eigenvalue weighted by atomic mass is 10.1. The van der Waals surface area contributed by atoms with Crippen LogP contribution in [0.4, 0.5) is 11.4 Å². The molecule has 1 N–H and O–H groups in total. The molecule has 0 unspecified atom stereocenters. The Morgan fingerprint density at radius 1 is 0.935 bits per heavy atom. The van der Waals surface area contributed by atoms with Crippen molar-refractivity contribution in [2.24, 2.45) is 0 Å². The number of esters is 1. The lowest BCUT2D eigenvalue weighted by molar-refractivity contribution is -0.384. The van der Waals surface area contributed by atoms with Gasteiger partial charge in [0.2, 0.25) is 6.10 Å². The molecule has 0 aromatic heterocycles. The Bertz CT molecular complexity index is 1140. The predicted octanol–water partition coefficient (Wildman–Crippen LogP) is 5.06. The van der Waals surface area contributed by atoms with Crippen LogP contribution in [0.3, 0.4) is 0 Å². The van der Waals surface area contributed by atoms with Gasteiger partial charge in [-0.2, -0.15) is 0 Å². The number of carbonyl (C=O) groups is 2. The molecule has 0 heterocycles. The van der Waals surface area contributed by atoms with Crippen LogP contribution in [0.25, 0.3) is 0 Å². The summed E-state index contributed by atoms with van der Waals surface area (Å²) in [6, 6.07) is 18.1. The van der Waals surface area contributed by atoms with E-state index in [2.05, 4.69) is 5.32 Å². The Kier molecular flexibility index (Phi) is 6.45. The smallest absolute Gasteiger partial charge is 0.339 e. The third-order valence-corrected chi connectivity index (χ3v) is 4.92. The van der Waals surface area contributed by atoms with Gasteiger partial charge in [0.15, 0.2) is 0 Å². The van der Waals surface area contributed by atoms with E-state index < -0.39 is 22.9 Å². The van der Waals surface area contributed by atoms with Crippen LogP contribution in [0.15, 0.2) is 66.7 Å². The van der Waals surface area contributed by atoms with Crippen molar-refractivity contribution in [2.75, 3.05) is 5.32 Å². The Balaban J connectivity index is 1.91. The van der Waals surface area contributed by atoms with Gasteiger partial charge in [-0.1, -0.05) is 42.5 Å². The zero-order valence-corrected chi connectivity index (χ0v) is 17.4. The molecule has 0 spiro atoms. The van der Waals surface area contributed by atoms with E-state index in [9.17, 15) is 19.7 Å². The molecule has 3 rings (SSSR count). The molecule has 1 atom stereocenters. The Morgan fingerprint density at radius 2 is 1.65 bits per heavy atom. The highest BCUT2D eigenvalue weighted by Gasteiger charge is 2.28. The first-order valence-corrected chi connectivity index (χ1v) is 9.65. The second kappa shape index (κ2) is 9.21. The standard InChI is InChI=1S/C24H22N2O5/c1-15-9-12-20(21(13-15)26(29)30)25-23(27)22(18-7-5-4-6-8-18)31-24(28)19-11-10-16(2)17(3)14-19/h4-14,22H,1-3H3,(H,25,27)/t22-/m1/s1. The Labute approximate surface area is 179 Å². The zero-order chi connectivity index (χ0) is 22.5. The van der Waals surface area contributed by atoms with E-state index in [1.807, 2.05) is 13.8 Å². The van der Waals surface area contributed by atoms with Crippen LogP contribution in [0.1, 0.15) is 38.7 Å². The number of benzene rings is 3. The number of aryl methyl sites for hydroxylation is 3. The van der Waals surface area contributed by atoms with Crippen molar-refractivity contribution in [3.8, 4) is 0 Å². The number of nitrogens with zero attached hydrogens (tertiary/aromatic N) is 1. The summed E-state index contributed by atoms with van der Waals surface area (Å²) in [5, 5.41) is 13.9. The van der Waals surface area contributed by atoms with E-state index in [-0.39, 0.29) is 11.4 Å². The summed E-state index contributed by atoms with van der Waals surface area (Å²) in [7, 11) is 0. The summed E-state index contributed by atoms with van der Waals surface area (Å²) in [4.78, 5) is 36.6. The van der Waals surface area contributed by atoms with Crippen molar-refractivity contribution < 1.29 is 19.2 Å². The summed E-state index contributed by atoms with van der Waals surface area (Å²) < 4.78 is 5.55. The fourth-order valence-corrected chi connectivity index (χ4v) is 3.04. The maximum atomic E-state index is 13.0. The molecule has 0 bridgehead atoms. The molecule has 7 nitrogen and oxygen atoms in total. The molecule has 0 radical (unpaired) electrons. The van der Waals surface area contributed by atoms with Crippen molar-refractivity contribution in [3.63, 3.8) is 0 Å². The molecular weight excluding hydrogens is 396 g/mol. The minimum atomic E-state index is -1.28. The monoisotopic (exact) mass is 418 g/mol. The van der Waals surface area contributed by atoms with E-state index in [1.54, 1.807) is 61.5 Å². The first-order chi connectivity index (χ1) is 14.8. The number of hydrogen-bond donors (Lipinski definition) is 1. The summed E-state index contributed by atoms with van der Waals surface area (Å²) in [6.07, 6.45) is -1.28. The maximum absolute atomic E-state index is 13.0. The number of ether oxygens (including phenoxy) is 1. The molecule has 7 heteroatoms. The molecule has 0 saturated heterocycles. The van der Waals surface area contributed by atoms with Gasteiger partial charge in [-0.15, -0.1) is 0 Å². The number of nitrogens with one attached hydrogen (secondary N) is 1. The van der Waals surface area contributed by atoms with Gasteiger partial charge in [-0.05, 0) is 55.7 Å². The quantitative estimate of drug-likeness (QED) is 0.343. The fourth-order valence-electron chi connectivity index (χ4n) is 3.04. The summed E-state index contributed by atoms with van der Waals surface area (Å²) in [5.41, 5.74) is 3.20. The molecule has 0 fully saturated rings. The lowest BCUT2D eigenvalue weighted by Crippen LogP contribution is -2.26. The zero-order valence-electron chi connectivity index (χ0n) is 17.4. The topological polar surface area (TPSA) is 98.5 Å². The maximum Gasteiger partial charge on any atom is 0.339 e. The van der Waals surface area contributed by atoms with Crippen LogP contribution in [0.2, 0.25) is 0 Å².